The lowest BCUT2D eigenvalue weighted by atomic mass is 10.1. The Hall–Kier alpha value is -1.55. The molecule has 1 atom stereocenters. The highest BCUT2D eigenvalue weighted by atomic mass is 32.2. The van der Waals surface area contributed by atoms with Crippen LogP contribution in [0.2, 0.25) is 0 Å². The Morgan fingerprint density at radius 1 is 1.20 bits per heavy atom. The molecule has 0 aromatic carbocycles. The highest BCUT2D eigenvalue weighted by molar-refractivity contribution is 7.89. The largest absolute Gasteiger partial charge is 0.444 e. The average molecular weight is 448 g/mol. The van der Waals surface area contributed by atoms with Gasteiger partial charge in [0.1, 0.15) is 5.60 Å². The van der Waals surface area contributed by atoms with Crippen LogP contribution in [-0.2, 0) is 14.8 Å². The van der Waals surface area contributed by atoms with Gasteiger partial charge in [0.2, 0.25) is 10.0 Å². The second kappa shape index (κ2) is 11.7. The maximum absolute atomic E-state index is 12.1. The summed E-state index contributed by atoms with van der Waals surface area (Å²) < 4.78 is 31.0. The Morgan fingerprint density at radius 2 is 1.80 bits per heavy atom. The van der Waals surface area contributed by atoms with E-state index < -0.39 is 21.7 Å². The summed E-state index contributed by atoms with van der Waals surface area (Å²) in [7, 11) is -3.13. The fourth-order valence-corrected chi connectivity index (χ4v) is 4.18. The van der Waals surface area contributed by atoms with Crippen molar-refractivity contribution in [3.63, 3.8) is 0 Å². The predicted molar refractivity (Wildman–Crippen MR) is 121 cm³/mol. The molecule has 9 nitrogen and oxygen atoms in total. The second-order valence-electron chi connectivity index (χ2n) is 8.93. The molecular weight excluding hydrogens is 406 g/mol. The summed E-state index contributed by atoms with van der Waals surface area (Å²) in [6, 6.07) is -0.00530. The minimum atomic E-state index is -3.13. The zero-order valence-electron chi connectivity index (χ0n) is 19.6. The molecule has 0 bridgehead atoms. The number of carbonyl (C=O) groups is 1. The molecule has 0 spiro atoms. The Kier molecular flexibility index (Phi) is 10.4. The number of nitrogens with one attached hydrogen (secondary N) is 3. The van der Waals surface area contributed by atoms with Crippen molar-refractivity contribution in [1.29, 1.82) is 0 Å². The molecule has 1 saturated heterocycles. The highest BCUT2D eigenvalue weighted by Crippen LogP contribution is 2.14. The monoisotopic (exact) mass is 447 g/mol. The lowest BCUT2D eigenvalue weighted by Crippen LogP contribution is -2.50. The normalized spacial score (nSPS) is 18.2. The third-order valence-electron chi connectivity index (χ3n) is 4.85. The van der Waals surface area contributed by atoms with Gasteiger partial charge in [-0.1, -0.05) is 13.8 Å². The third-order valence-corrected chi connectivity index (χ3v) is 6.73. The Bertz CT molecular complexity index is 665. The van der Waals surface area contributed by atoms with E-state index in [9.17, 15) is 13.2 Å². The fourth-order valence-electron chi connectivity index (χ4n) is 3.05. The molecular formula is C20H41N5O4S. The first-order valence-corrected chi connectivity index (χ1v) is 12.5. The smallest absolute Gasteiger partial charge is 0.407 e. The van der Waals surface area contributed by atoms with Gasteiger partial charge in [-0.3, -0.25) is 4.99 Å². The molecule has 1 amide bonds. The van der Waals surface area contributed by atoms with Crippen molar-refractivity contribution in [3.8, 4) is 0 Å². The first-order chi connectivity index (χ1) is 13.9. The van der Waals surface area contributed by atoms with Gasteiger partial charge in [-0.2, -0.15) is 0 Å². The van der Waals surface area contributed by atoms with Crippen LogP contribution in [0, 0.1) is 5.92 Å². The first kappa shape index (κ1) is 26.5. The molecule has 1 fully saturated rings. The molecule has 30 heavy (non-hydrogen) atoms. The number of amides is 1. The number of sulfonamides is 1. The molecule has 1 aliphatic rings. The molecule has 1 rings (SSSR count). The van der Waals surface area contributed by atoms with Gasteiger partial charge < -0.3 is 20.7 Å². The number of guanidine groups is 1. The predicted octanol–water partition coefficient (Wildman–Crippen LogP) is 1.90. The van der Waals surface area contributed by atoms with Crippen LogP contribution < -0.4 is 16.0 Å². The second-order valence-corrected chi connectivity index (χ2v) is 11.2. The van der Waals surface area contributed by atoms with Gasteiger partial charge in [0.05, 0.1) is 18.3 Å². The average Bonchev–Trinajstić information content (AvgIpc) is 2.63. The van der Waals surface area contributed by atoms with E-state index in [1.54, 1.807) is 11.2 Å². The van der Waals surface area contributed by atoms with Crippen molar-refractivity contribution < 1.29 is 17.9 Å². The van der Waals surface area contributed by atoms with Crippen molar-refractivity contribution in [3.05, 3.63) is 0 Å². The number of piperidine rings is 1. The van der Waals surface area contributed by atoms with Gasteiger partial charge in [0, 0.05) is 25.7 Å². The minimum Gasteiger partial charge on any atom is -0.444 e. The Labute approximate surface area is 182 Å². The highest BCUT2D eigenvalue weighted by Gasteiger charge is 2.27. The molecule has 0 aromatic rings. The summed E-state index contributed by atoms with van der Waals surface area (Å²) in [5.74, 6) is 0.994. The van der Waals surface area contributed by atoms with Crippen LogP contribution >= 0.6 is 0 Å². The molecule has 0 saturated carbocycles. The molecule has 3 N–H and O–H groups in total. The molecule has 1 aliphatic heterocycles. The topological polar surface area (TPSA) is 112 Å². The number of rotatable bonds is 8. The van der Waals surface area contributed by atoms with Gasteiger partial charge in [-0.05, 0) is 53.4 Å². The lowest BCUT2D eigenvalue weighted by Gasteiger charge is -2.32. The van der Waals surface area contributed by atoms with E-state index >= 15 is 0 Å². The number of alkyl carbamates (subject to hydrolysis) is 1. The molecule has 0 aliphatic carbocycles. The Morgan fingerprint density at radius 3 is 2.27 bits per heavy atom. The Balaban J connectivity index is 2.68. The standard InChI is InChI=1S/C20H41N5O4S/c1-8-21-18(23-16-10-12-25(13-11-16)30(27,28)9-2)22-14-17(15(3)4)24-19(26)29-20(5,6)7/h15-17H,8-14H2,1-7H3,(H,24,26)(H2,21,22,23). The summed E-state index contributed by atoms with van der Waals surface area (Å²) in [5, 5.41) is 9.54. The van der Waals surface area contributed by atoms with Crippen molar-refractivity contribution in [2.75, 3.05) is 31.9 Å². The van der Waals surface area contributed by atoms with E-state index in [-0.39, 0.29) is 23.8 Å². The number of hydrogen-bond donors (Lipinski definition) is 3. The molecule has 1 heterocycles. The van der Waals surface area contributed by atoms with Crippen LogP contribution in [0.15, 0.2) is 4.99 Å². The lowest BCUT2D eigenvalue weighted by molar-refractivity contribution is 0.0493. The number of nitrogens with zero attached hydrogens (tertiary/aromatic N) is 2. The first-order valence-electron chi connectivity index (χ1n) is 10.9. The van der Waals surface area contributed by atoms with E-state index in [1.807, 2.05) is 41.5 Å². The van der Waals surface area contributed by atoms with Crippen LogP contribution in [-0.4, -0.2) is 74.4 Å². The zero-order valence-corrected chi connectivity index (χ0v) is 20.4. The van der Waals surface area contributed by atoms with Crippen LogP contribution in [0.1, 0.15) is 61.3 Å². The molecule has 0 radical (unpaired) electrons. The van der Waals surface area contributed by atoms with Gasteiger partial charge in [0.15, 0.2) is 5.96 Å². The minimum absolute atomic E-state index is 0.135. The van der Waals surface area contributed by atoms with Crippen LogP contribution in [0.4, 0.5) is 4.79 Å². The van der Waals surface area contributed by atoms with E-state index in [0.29, 0.717) is 32.1 Å². The van der Waals surface area contributed by atoms with Gasteiger partial charge in [-0.15, -0.1) is 0 Å². The summed E-state index contributed by atoms with van der Waals surface area (Å²) in [6.45, 7) is 15.4. The fraction of sp³-hybridized carbons (Fsp3) is 0.900. The van der Waals surface area contributed by atoms with E-state index in [1.165, 1.54) is 0 Å². The van der Waals surface area contributed by atoms with E-state index in [4.69, 9.17) is 4.74 Å². The molecule has 10 heteroatoms. The quantitative estimate of drug-likeness (QED) is 0.387. The summed E-state index contributed by atoms with van der Waals surface area (Å²) in [4.78, 5) is 16.8. The summed E-state index contributed by atoms with van der Waals surface area (Å²) in [5.41, 5.74) is -0.550. The molecule has 0 aromatic heterocycles. The van der Waals surface area contributed by atoms with Crippen LogP contribution in [0.3, 0.4) is 0 Å². The number of aliphatic imine (C=N–C) groups is 1. The summed E-state index contributed by atoms with van der Waals surface area (Å²) >= 11 is 0. The zero-order chi connectivity index (χ0) is 22.9. The molecule has 1 unspecified atom stereocenters. The maximum atomic E-state index is 12.1. The van der Waals surface area contributed by atoms with Gasteiger partial charge >= 0.3 is 6.09 Å². The van der Waals surface area contributed by atoms with Crippen LogP contribution in [0.25, 0.3) is 0 Å². The maximum Gasteiger partial charge on any atom is 0.407 e. The van der Waals surface area contributed by atoms with E-state index in [2.05, 4.69) is 20.9 Å². The SMILES string of the molecule is CCNC(=NCC(NC(=O)OC(C)(C)C)C(C)C)NC1CCN(S(=O)(=O)CC)CC1. The van der Waals surface area contributed by atoms with Crippen molar-refractivity contribution in [2.24, 2.45) is 10.9 Å². The van der Waals surface area contributed by atoms with Gasteiger partial charge in [0.25, 0.3) is 0 Å². The molecule has 176 valence electrons. The van der Waals surface area contributed by atoms with Gasteiger partial charge in [-0.25, -0.2) is 17.5 Å². The van der Waals surface area contributed by atoms with Crippen LogP contribution in [0.5, 0.6) is 0 Å². The number of ether oxygens (including phenoxy) is 1. The van der Waals surface area contributed by atoms with Crippen molar-refractivity contribution in [1.82, 2.24) is 20.3 Å². The van der Waals surface area contributed by atoms with Crippen molar-refractivity contribution in [2.45, 2.75) is 79.0 Å². The van der Waals surface area contributed by atoms with E-state index in [0.717, 1.165) is 12.8 Å². The number of carbonyl (C=O) groups excluding carboxylic acids is 1. The summed E-state index contributed by atoms with van der Waals surface area (Å²) in [6.07, 6.45) is 1.01. The van der Waals surface area contributed by atoms with Crippen molar-refractivity contribution >= 4 is 22.1 Å². The third kappa shape index (κ3) is 9.51. The number of hydrogen-bond acceptors (Lipinski definition) is 5.